The van der Waals surface area contributed by atoms with Crippen molar-refractivity contribution in [2.45, 2.75) is 39.8 Å². The van der Waals surface area contributed by atoms with Crippen molar-refractivity contribution in [3.05, 3.63) is 70.5 Å². The van der Waals surface area contributed by atoms with E-state index < -0.39 is 0 Å². The van der Waals surface area contributed by atoms with Crippen LogP contribution in [0.1, 0.15) is 46.8 Å². The second kappa shape index (κ2) is 9.18. The van der Waals surface area contributed by atoms with Crippen molar-refractivity contribution in [3.63, 3.8) is 0 Å². The molecule has 4 heteroatoms. The molecule has 0 atom stereocenters. The maximum absolute atomic E-state index is 13.2. The lowest BCUT2D eigenvalue weighted by Crippen LogP contribution is -2.24. The lowest BCUT2D eigenvalue weighted by atomic mass is 10.1. The standard InChI is InChI=1S/C20H25FN2O/c1-3-4-11-23-20(24)18-8-5-16(6-9-18)13-22-14-17-7-10-19(21)15(2)12-17/h5-10,12,22H,3-4,11,13-14H2,1-2H3,(H,23,24). The van der Waals surface area contributed by atoms with Crippen LogP contribution in [0.4, 0.5) is 4.39 Å². The Bertz CT molecular complexity index is 668. The Morgan fingerprint density at radius 3 is 2.38 bits per heavy atom. The normalized spacial score (nSPS) is 10.6. The van der Waals surface area contributed by atoms with Crippen molar-refractivity contribution >= 4 is 5.91 Å². The van der Waals surface area contributed by atoms with Crippen LogP contribution in [0.15, 0.2) is 42.5 Å². The van der Waals surface area contributed by atoms with Gasteiger partial charge in [-0.25, -0.2) is 4.39 Å². The van der Waals surface area contributed by atoms with E-state index in [1.807, 2.05) is 30.3 Å². The second-order valence-electron chi connectivity index (χ2n) is 5.99. The predicted octanol–water partition coefficient (Wildman–Crippen LogP) is 3.95. The summed E-state index contributed by atoms with van der Waals surface area (Å²) in [6.07, 6.45) is 2.06. The van der Waals surface area contributed by atoms with E-state index in [1.165, 1.54) is 6.07 Å². The van der Waals surface area contributed by atoms with Crippen molar-refractivity contribution in [2.75, 3.05) is 6.54 Å². The molecule has 24 heavy (non-hydrogen) atoms. The monoisotopic (exact) mass is 328 g/mol. The molecule has 0 heterocycles. The van der Waals surface area contributed by atoms with Gasteiger partial charge >= 0.3 is 0 Å². The zero-order valence-electron chi connectivity index (χ0n) is 14.4. The zero-order valence-corrected chi connectivity index (χ0v) is 14.4. The number of benzene rings is 2. The summed E-state index contributed by atoms with van der Waals surface area (Å²) in [5.74, 6) is -0.198. The lowest BCUT2D eigenvalue weighted by Gasteiger charge is -2.08. The molecule has 0 aliphatic heterocycles. The maximum Gasteiger partial charge on any atom is 0.251 e. The van der Waals surface area contributed by atoms with Crippen molar-refractivity contribution in [2.24, 2.45) is 0 Å². The first-order chi connectivity index (χ1) is 11.6. The van der Waals surface area contributed by atoms with Gasteiger partial charge in [0.2, 0.25) is 0 Å². The number of nitrogens with one attached hydrogen (secondary N) is 2. The van der Waals surface area contributed by atoms with Gasteiger partial charge in [0.25, 0.3) is 5.91 Å². The summed E-state index contributed by atoms with van der Waals surface area (Å²) < 4.78 is 13.2. The number of rotatable bonds is 8. The predicted molar refractivity (Wildman–Crippen MR) is 95.4 cm³/mol. The molecule has 1 amide bonds. The summed E-state index contributed by atoms with van der Waals surface area (Å²) >= 11 is 0. The van der Waals surface area contributed by atoms with Crippen LogP contribution in [0.25, 0.3) is 0 Å². The van der Waals surface area contributed by atoms with E-state index in [0.717, 1.165) is 30.5 Å². The zero-order chi connectivity index (χ0) is 17.4. The quantitative estimate of drug-likeness (QED) is 0.720. The molecular weight excluding hydrogens is 303 g/mol. The summed E-state index contributed by atoms with van der Waals surface area (Å²) in [5, 5.41) is 6.24. The van der Waals surface area contributed by atoms with Crippen LogP contribution in [-0.2, 0) is 13.1 Å². The number of amides is 1. The minimum absolute atomic E-state index is 0.0234. The van der Waals surface area contributed by atoms with Crippen LogP contribution in [0.2, 0.25) is 0 Å². The van der Waals surface area contributed by atoms with E-state index in [2.05, 4.69) is 17.6 Å². The van der Waals surface area contributed by atoms with E-state index in [4.69, 9.17) is 0 Å². The van der Waals surface area contributed by atoms with Gasteiger partial charge in [-0.05, 0) is 48.2 Å². The third-order valence-electron chi connectivity index (χ3n) is 3.91. The maximum atomic E-state index is 13.2. The highest BCUT2D eigenvalue weighted by atomic mass is 19.1. The van der Waals surface area contributed by atoms with E-state index in [-0.39, 0.29) is 11.7 Å². The largest absolute Gasteiger partial charge is 0.352 e. The van der Waals surface area contributed by atoms with Crippen LogP contribution in [0, 0.1) is 12.7 Å². The SMILES string of the molecule is CCCCNC(=O)c1ccc(CNCc2ccc(F)c(C)c2)cc1. The van der Waals surface area contributed by atoms with Crippen LogP contribution < -0.4 is 10.6 Å². The fourth-order valence-electron chi connectivity index (χ4n) is 2.42. The third-order valence-corrected chi connectivity index (χ3v) is 3.91. The molecule has 2 aromatic rings. The Labute approximate surface area is 143 Å². The van der Waals surface area contributed by atoms with Gasteiger partial charge < -0.3 is 10.6 Å². The van der Waals surface area contributed by atoms with Crippen molar-refractivity contribution in [1.82, 2.24) is 10.6 Å². The van der Waals surface area contributed by atoms with E-state index >= 15 is 0 Å². The van der Waals surface area contributed by atoms with Gasteiger partial charge in [0.05, 0.1) is 0 Å². The highest BCUT2D eigenvalue weighted by Gasteiger charge is 2.04. The van der Waals surface area contributed by atoms with Gasteiger partial charge in [0, 0.05) is 25.2 Å². The Morgan fingerprint density at radius 1 is 1.04 bits per heavy atom. The van der Waals surface area contributed by atoms with Gasteiger partial charge in [-0.2, -0.15) is 0 Å². The minimum atomic E-state index is -0.174. The molecule has 3 nitrogen and oxygen atoms in total. The highest BCUT2D eigenvalue weighted by molar-refractivity contribution is 5.94. The summed E-state index contributed by atoms with van der Waals surface area (Å²) in [6.45, 7) is 5.97. The van der Waals surface area contributed by atoms with Gasteiger partial charge in [0.15, 0.2) is 0 Å². The smallest absolute Gasteiger partial charge is 0.251 e. The summed E-state index contributed by atoms with van der Waals surface area (Å²) in [7, 11) is 0. The van der Waals surface area contributed by atoms with E-state index in [9.17, 15) is 9.18 Å². The molecule has 0 unspecified atom stereocenters. The van der Waals surface area contributed by atoms with Crippen molar-refractivity contribution in [3.8, 4) is 0 Å². The molecule has 0 aliphatic rings. The van der Waals surface area contributed by atoms with Crippen LogP contribution in [0.5, 0.6) is 0 Å². The number of unbranched alkanes of at least 4 members (excludes halogenated alkanes) is 1. The van der Waals surface area contributed by atoms with Gasteiger partial charge in [-0.15, -0.1) is 0 Å². The molecular formula is C20H25FN2O. The molecule has 0 aliphatic carbocycles. The molecule has 0 fully saturated rings. The molecule has 0 saturated carbocycles. The number of carbonyl (C=O) groups is 1. The molecule has 2 rings (SSSR count). The molecule has 0 saturated heterocycles. The number of carbonyl (C=O) groups excluding carboxylic acids is 1. The van der Waals surface area contributed by atoms with Crippen LogP contribution in [-0.4, -0.2) is 12.5 Å². The Balaban J connectivity index is 1.81. The van der Waals surface area contributed by atoms with Crippen LogP contribution in [0.3, 0.4) is 0 Å². The first kappa shape index (κ1) is 18.1. The Hall–Kier alpha value is -2.20. The van der Waals surface area contributed by atoms with Gasteiger partial charge in [-0.3, -0.25) is 4.79 Å². The second-order valence-corrected chi connectivity index (χ2v) is 5.99. The molecule has 2 N–H and O–H groups in total. The number of aryl methyl sites for hydroxylation is 1. The van der Waals surface area contributed by atoms with Gasteiger partial charge in [-0.1, -0.05) is 37.6 Å². The molecule has 0 aromatic heterocycles. The Kier molecular flexibility index (Phi) is 6.94. The van der Waals surface area contributed by atoms with E-state index in [0.29, 0.717) is 24.2 Å². The minimum Gasteiger partial charge on any atom is -0.352 e. The van der Waals surface area contributed by atoms with Crippen molar-refractivity contribution < 1.29 is 9.18 Å². The third kappa shape index (κ3) is 5.46. The highest BCUT2D eigenvalue weighted by Crippen LogP contribution is 2.10. The number of hydrogen-bond acceptors (Lipinski definition) is 2. The Morgan fingerprint density at radius 2 is 1.71 bits per heavy atom. The fraction of sp³-hybridized carbons (Fsp3) is 0.350. The van der Waals surface area contributed by atoms with Crippen LogP contribution >= 0.6 is 0 Å². The average molecular weight is 328 g/mol. The molecule has 128 valence electrons. The average Bonchev–Trinajstić information content (AvgIpc) is 2.59. The topological polar surface area (TPSA) is 41.1 Å². The fourth-order valence-corrected chi connectivity index (χ4v) is 2.42. The summed E-state index contributed by atoms with van der Waals surface area (Å²) in [5.41, 5.74) is 3.51. The summed E-state index contributed by atoms with van der Waals surface area (Å²) in [6, 6.07) is 12.7. The van der Waals surface area contributed by atoms with E-state index in [1.54, 1.807) is 13.0 Å². The first-order valence-electron chi connectivity index (χ1n) is 8.43. The molecule has 0 spiro atoms. The molecule has 0 radical (unpaired) electrons. The first-order valence-corrected chi connectivity index (χ1v) is 8.43. The summed E-state index contributed by atoms with van der Waals surface area (Å²) in [4.78, 5) is 11.9. The number of halogens is 1. The van der Waals surface area contributed by atoms with Crippen molar-refractivity contribution in [1.29, 1.82) is 0 Å². The van der Waals surface area contributed by atoms with Gasteiger partial charge in [0.1, 0.15) is 5.82 Å². The molecule has 2 aromatic carbocycles. The lowest BCUT2D eigenvalue weighted by molar-refractivity contribution is 0.0953. The number of hydrogen-bond donors (Lipinski definition) is 2. The molecule has 0 bridgehead atoms.